The van der Waals surface area contributed by atoms with Crippen molar-refractivity contribution in [3.63, 3.8) is 0 Å². The number of hydrogen-bond acceptors (Lipinski definition) is 6. The highest BCUT2D eigenvalue weighted by Gasteiger charge is 2.39. The number of carboxylic acid groups (broad SMARTS) is 1. The first-order chi connectivity index (χ1) is 22.4. The van der Waals surface area contributed by atoms with Crippen LogP contribution in [-0.4, -0.2) is 81.0 Å². The van der Waals surface area contributed by atoms with Crippen molar-refractivity contribution in [2.45, 2.75) is 70.2 Å². The molecule has 47 heavy (non-hydrogen) atoms. The molecular formula is C32H37F5N6O4. The van der Waals surface area contributed by atoms with Crippen LogP contribution in [0.3, 0.4) is 0 Å². The lowest BCUT2D eigenvalue weighted by atomic mass is 9.65. The second kappa shape index (κ2) is 13.2. The van der Waals surface area contributed by atoms with Crippen LogP contribution in [0.25, 0.3) is 10.9 Å². The lowest BCUT2D eigenvalue weighted by Gasteiger charge is -2.46. The molecule has 1 saturated carbocycles. The Morgan fingerprint density at radius 2 is 1.72 bits per heavy atom. The number of carbonyl (C=O) groups excluding carboxylic acids is 1. The van der Waals surface area contributed by atoms with Crippen molar-refractivity contribution in [2.24, 2.45) is 11.3 Å². The van der Waals surface area contributed by atoms with Crippen molar-refractivity contribution in [2.75, 3.05) is 38.0 Å². The van der Waals surface area contributed by atoms with Crippen molar-refractivity contribution in [1.82, 2.24) is 24.6 Å². The van der Waals surface area contributed by atoms with E-state index in [-0.39, 0.29) is 22.9 Å². The van der Waals surface area contributed by atoms with E-state index in [4.69, 9.17) is 0 Å². The van der Waals surface area contributed by atoms with Crippen LogP contribution in [0.15, 0.2) is 36.5 Å². The van der Waals surface area contributed by atoms with Gasteiger partial charge in [0.05, 0.1) is 17.2 Å². The lowest BCUT2D eigenvalue weighted by molar-refractivity contribution is -0.141. The molecule has 6 rings (SSSR count). The highest BCUT2D eigenvalue weighted by molar-refractivity contribution is 6.05. The van der Waals surface area contributed by atoms with E-state index < -0.39 is 36.2 Å². The predicted molar refractivity (Wildman–Crippen MR) is 161 cm³/mol. The summed E-state index contributed by atoms with van der Waals surface area (Å²) in [5.41, 5.74) is -1.25. The molecule has 0 bridgehead atoms. The van der Waals surface area contributed by atoms with Gasteiger partial charge in [-0.15, -0.1) is 0 Å². The standard InChI is InChI=1S/C32H37F5N6O4/c33-29(34)47-26-17-24-21(16-25(26)39-28(44)23-2-1-3-27(38-23)32(35,36)37)19-43(40-24)22-6-12-41(13-7-22)18-20-4-8-31(9-5-20)10-14-42(15-11-31)30(45)46/h1-3,16-17,19-20,22,29H,4-15,18H2,(H,39,44)(H,45,46). The molecule has 0 unspecified atom stereocenters. The number of fused-ring (bicyclic) bond motifs is 1. The van der Waals surface area contributed by atoms with Crippen LogP contribution in [0.4, 0.5) is 32.4 Å². The minimum absolute atomic E-state index is 0.0829. The number of nitrogens with zero attached hydrogens (tertiary/aromatic N) is 5. The zero-order valence-electron chi connectivity index (χ0n) is 25.7. The van der Waals surface area contributed by atoms with Crippen molar-refractivity contribution in [3.05, 3.63) is 47.9 Å². The van der Waals surface area contributed by atoms with Gasteiger partial charge < -0.3 is 25.0 Å². The second-order valence-electron chi connectivity index (χ2n) is 13.0. The maximum atomic E-state index is 13.3. The molecule has 2 amide bonds. The Bertz CT molecular complexity index is 1590. The van der Waals surface area contributed by atoms with Gasteiger partial charge in [-0.1, -0.05) is 6.07 Å². The van der Waals surface area contributed by atoms with Gasteiger partial charge in [0.2, 0.25) is 0 Å². The van der Waals surface area contributed by atoms with Crippen LogP contribution < -0.4 is 10.1 Å². The SMILES string of the molecule is O=C(Nc1cc2cn(C3CCN(CC4CCC5(CC4)CCN(C(=O)O)CC5)CC3)nc2cc1OC(F)F)c1cccc(C(F)(F)F)n1. The Morgan fingerprint density at radius 3 is 2.36 bits per heavy atom. The molecule has 2 N–H and O–H groups in total. The summed E-state index contributed by atoms with van der Waals surface area (Å²) in [6.45, 7) is 0.861. The van der Waals surface area contributed by atoms with Crippen molar-refractivity contribution in [3.8, 4) is 5.75 Å². The number of amides is 2. The van der Waals surface area contributed by atoms with Gasteiger partial charge in [-0.05, 0) is 80.9 Å². The summed E-state index contributed by atoms with van der Waals surface area (Å²) in [6.07, 6.45) is 4.40. The number of piperidine rings is 2. The van der Waals surface area contributed by atoms with Gasteiger partial charge >= 0.3 is 18.9 Å². The molecule has 3 fully saturated rings. The molecule has 254 valence electrons. The third kappa shape index (κ3) is 7.60. The Kier molecular flexibility index (Phi) is 9.27. The second-order valence-corrected chi connectivity index (χ2v) is 13.0. The first kappa shape index (κ1) is 32.9. The summed E-state index contributed by atoms with van der Waals surface area (Å²) in [5, 5.41) is 16.8. The minimum Gasteiger partial charge on any atom is -0.465 e. The molecule has 1 aromatic carbocycles. The largest absolute Gasteiger partial charge is 0.465 e. The number of carbonyl (C=O) groups is 2. The van der Waals surface area contributed by atoms with Gasteiger partial charge in [-0.2, -0.15) is 27.1 Å². The molecule has 1 aliphatic carbocycles. The van der Waals surface area contributed by atoms with Gasteiger partial charge in [0.15, 0.2) is 5.75 Å². The molecule has 0 radical (unpaired) electrons. The number of aromatic nitrogens is 3. The Hall–Kier alpha value is -4.01. The number of pyridine rings is 1. The predicted octanol–water partition coefficient (Wildman–Crippen LogP) is 6.89. The van der Waals surface area contributed by atoms with Crippen molar-refractivity contribution < 1.29 is 41.4 Å². The number of halogens is 5. The fourth-order valence-electron chi connectivity index (χ4n) is 7.33. The topological polar surface area (TPSA) is 113 Å². The molecule has 4 heterocycles. The number of nitrogens with one attached hydrogen (secondary N) is 1. The highest BCUT2D eigenvalue weighted by atomic mass is 19.4. The summed E-state index contributed by atoms with van der Waals surface area (Å²) in [5.74, 6) is -0.754. The first-order valence-corrected chi connectivity index (χ1v) is 15.9. The average molecular weight is 665 g/mol. The molecule has 3 aromatic rings. The Morgan fingerprint density at radius 1 is 1.02 bits per heavy atom. The van der Waals surface area contributed by atoms with E-state index in [2.05, 4.69) is 25.0 Å². The summed E-state index contributed by atoms with van der Waals surface area (Å²) >= 11 is 0. The first-order valence-electron chi connectivity index (χ1n) is 15.9. The quantitative estimate of drug-likeness (QED) is 0.265. The summed E-state index contributed by atoms with van der Waals surface area (Å²) in [7, 11) is 0. The molecule has 15 heteroatoms. The molecule has 3 aliphatic rings. The van der Waals surface area contributed by atoms with E-state index >= 15 is 0 Å². The van der Waals surface area contributed by atoms with Crippen LogP contribution in [0, 0.1) is 11.3 Å². The fraction of sp³-hybridized carbons (Fsp3) is 0.562. The van der Waals surface area contributed by atoms with Crippen LogP contribution in [0.2, 0.25) is 0 Å². The number of likely N-dealkylation sites (tertiary alicyclic amines) is 2. The van der Waals surface area contributed by atoms with Crippen LogP contribution in [-0.2, 0) is 6.18 Å². The molecule has 2 aliphatic heterocycles. The van der Waals surface area contributed by atoms with Gasteiger partial charge in [0.25, 0.3) is 5.91 Å². The molecule has 1 spiro atoms. The van der Waals surface area contributed by atoms with E-state index in [0.717, 1.165) is 89.2 Å². The lowest BCUT2D eigenvalue weighted by Crippen LogP contribution is -2.45. The van der Waals surface area contributed by atoms with Gasteiger partial charge in [0, 0.05) is 50.4 Å². The minimum atomic E-state index is -4.76. The zero-order valence-corrected chi connectivity index (χ0v) is 25.7. The number of ether oxygens (including phenoxy) is 1. The number of alkyl halides is 5. The normalized spacial score (nSPS) is 19.8. The van der Waals surface area contributed by atoms with Crippen molar-refractivity contribution in [1.29, 1.82) is 0 Å². The Labute approximate surface area is 267 Å². The van der Waals surface area contributed by atoms with Crippen LogP contribution in [0.5, 0.6) is 5.75 Å². The molecule has 2 aromatic heterocycles. The molecule has 2 saturated heterocycles. The van der Waals surface area contributed by atoms with Gasteiger partial charge in [-0.3, -0.25) is 9.48 Å². The van der Waals surface area contributed by atoms with Crippen LogP contribution in [0.1, 0.15) is 73.6 Å². The maximum absolute atomic E-state index is 13.3. The average Bonchev–Trinajstić information content (AvgIpc) is 3.45. The molecular weight excluding hydrogens is 627 g/mol. The number of benzene rings is 1. The smallest absolute Gasteiger partial charge is 0.433 e. The number of anilines is 1. The monoisotopic (exact) mass is 664 g/mol. The third-order valence-electron chi connectivity index (χ3n) is 10.1. The third-order valence-corrected chi connectivity index (χ3v) is 10.1. The van der Waals surface area contributed by atoms with E-state index in [0.29, 0.717) is 29.9 Å². The van der Waals surface area contributed by atoms with E-state index in [1.165, 1.54) is 17.0 Å². The number of rotatable bonds is 7. The molecule has 10 nitrogen and oxygen atoms in total. The maximum Gasteiger partial charge on any atom is 0.433 e. The summed E-state index contributed by atoms with van der Waals surface area (Å²) in [6, 6.07) is 5.65. The number of hydrogen-bond donors (Lipinski definition) is 2. The summed E-state index contributed by atoms with van der Waals surface area (Å²) in [4.78, 5) is 31.4. The Balaban J connectivity index is 1.07. The molecule has 0 atom stereocenters. The zero-order chi connectivity index (χ0) is 33.3. The highest BCUT2D eigenvalue weighted by Crippen LogP contribution is 2.46. The summed E-state index contributed by atoms with van der Waals surface area (Å²) < 4.78 is 72.2. The van der Waals surface area contributed by atoms with Crippen molar-refractivity contribution >= 4 is 28.6 Å². The van der Waals surface area contributed by atoms with Gasteiger partial charge in [0.1, 0.15) is 11.4 Å². The van der Waals surface area contributed by atoms with E-state index in [1.807, 2.05) is 4.68 Å². The fourth-order valence-corrected chi connectivity index (χ4v) is 7.33. The van der Waals surface area contributed by atoms with Crippen LogP contribution >= 0.6 is 0 Å². The van der Waals surface area contributed by atoms with E-state index in [9.17, 15) is 36.6 Å². The van der Waals surface area contributed by atoms with Gasteiger partial charge in [-0.25, -0.2) is 9.78 Å². The van der Waals surface area contributed by atoms with E-state index in [1.54, 1.807) is 6.20 Å².